The van der Waals surface area contributed by atoms with Gasteiger partial charge in [-0.1, -0.05) is 29.3 Å². The second-order valence-corrected chi connectivity index (χ2v) is 5.94. The molecule has 1 N–H and O–H groups in total. The summed E-state index contributed by atoms with van der Waals surface area (Å²) >= 11 is 11.9. The molecule has 0 aromatic heterocycles. The maximum absolute atomic E-state index is 13.1. The van der Waals surface area contributed by atoms with Crippen molar-refractivity contribution >= 4 is 40.7 Å². The van der Waals surface area contributed by atoms with Crippen molar-refractivity contribution in [3.05, 3.63) is 63.9 Å². The summed E-state index contributed by atoms with van der Waals surface area (Å²) < 4.78 is 13.1. The summed E-state index contributed by atoms with van der Waals surface area (Å²) in [5.41, 5.74) is 0.759. The molecule has 24 heavy (non-hydrogen) atoms. The Morgan fingerprint density at radius 1 is 1.12 bits per heavy atom. The number of nitrogens with one attached hydrogen (secondary N) is 1. The third-order valence-corrected chi connectivity index (χ3v) is 3.68. The van der Waals surface area contributed by atoms with Crippen molar-refractivity contribution in [2.75, 3.05) is 18.0 Å². The minimum Gasteiger partial charge on any atom is -0.350 e. The number of rotatable bonds is 5. The molecule has 2 aromatic carbocycles. The molecule has 0 saturated carbocycles. The van der Waals surface area contributed by atoms with Crippen molar-refractivity contribution in [3.63, 3.8) is 0 Å². The number of carbonyl (C=O) groups excluding carboxylic acids is 2. The smallest absolute Gasteiger partial charge is 0.251 e. The number of amides is 2. The number of halogens is 3. The van der Waals surface area contributed by atoms with Gasteiger partial charge in [0.05, 0.1) is 0 Å². The molecule has 0 unspecified atom stereocenters. The highest BCUT2D eigenvalue weighted by Gasteiger charge is 2.14. The lowest BCUT2D eigenvalue weighted by Gasteiger charge is -2.22. The van der Waals surface area contributed by atoms with Crippen LogP contribution in [0.1, 0.15) is 17.3 Å². The summed E-state index contributed by atoms with van der Waals surface area (Å²) in [4.78, 5) is 25.3. The summed E-state index contributed by atoms with van der Waals surface area (Å²) in [5.74, 6) is -1.11. The molecular weight excluding hydrogens is 354 g/mol. The summed E-state index contributed by atoms with van der Waals surface area (Å²) in [6, 6.07) is 10.2. The van der Waals surface area contributed by atoms with Crippen LogP contribution in [-0.2, 0) is 4.79 Å². The predicted octanol–water partition coefficient (Wildman–Crippen LogP) is 3.92. The van der Waals surface area contributed by atoms with Gasteiger partial charge < -0.3 is 10.2 Å². The highest BCUT2D eigenvalue weighted by Crippen LogP contribution is 2.25. The molecule has 0 radical (unpaired) electrons. The first-order valence-electron chi connectivity index (χ1n) is 7.15. The summed E-state index contributed by atoms with van der Waals surface area (Å²) in [6.45, 7) is 1.83. The van der Waals surface area contributed by atoms with Crippen LogP contribution in [0.25, 0.3) is 0 Å². The van der Waals surface area contributed by atoms with Crippen LogP contribution in [0.4, 0.5) is 10.1 Å². The number of benzene rings is 2. The number of hydrogen-bond donors (Lipinski definition) is 1. The van der Waals surface area contributed by atoms with Gasteiger partial charge >= 0.3 is 0 Å². The summed E-state index contributed by atoms with van der Waals surface area (Å²) in [6.07, 6.45) is 0. The van der Waals surface area contributed by atoms with Crippen molar-refractivity contribution < 1.29 is 14.0 Å². The molecule has 2 aromatic rings. The highest BCUT2D eigenvalue weighted by molar-refractivity contribution is 6.35. The van der Waals surface area contributed by atoms with Crippen LogP contribution in [0.3, 0.4) is 0 Å². The van der Waals surface area contributed by atoms with Crippen molar-refractivity contribution in [1.29, 1.82) is 0 Å². The van der Waals surface area contributed by atoms with E-state index < -0.39 is 11.7 Å². The molecule has 7 heteroatoms. The lowest BCUT2D eigenvalue weighted by atomic mass is 10.2. The summed E-state index contributed by atoms with van der Waals surface area (Å²) in [7, 11) is 0. The number of anilines is 1. The van der Waals surface area contributed by atoms with Gasteiger partial charge in [0.2, 0.25) is 5.91 Å². The first kappa shape index (κ1) is 18.2. The van der Waals surface area contributed by atoms with Crippen molar-refractivity contribution in [2.45, 2.75) is 6.92 Å². The normalized spacial score (nSPS) is 10.3. The quantitative estimate of drug-likeness (QED) is 0.869. The van der Waals surface area contributed by atoms with E-state index in [1.165, 1.54) is 30.0 Å². The van der Waals surface area contributed by atoms with Gasteiger partial charge in [-0.3, -0.25) is 9.59 Å². The average Bonchev–Trinajstić information content (AvgIpc) is 2.49. The van der Waals surface area contributed by atoms with E-state index in [-0.39, 0.29) is 24.6 Å². The maximum atomic E-state index is 13.1. The maximum Gasteiger partial charge on any atom is 0.251 e. The standard InChI is InChI=1S/C17H15Cl2FN2O2/c1-11(23)22(16-9-13(18)8-14(19)10-16)6-5-21-17(24)12-3-2-4-15(20)7-12/h2-4,7-10H,5-6H2,1H3,(H,21,24). The first-order valence-corrected chi connectivity index (χ1v) is 7.90. The molecule has 0 heterocycles. The SMILES string of the molecule is CC(=O)N(CCNC(=O)c1cccc(F)c1)c1cc(Cl)cc(Cl)c1. The van der Waals surface area contributed by atoms with Gasteiger partial charge in [0.25, 0.3) is 5.91 Å². The number of carbonyl (C=O) groups is 2. The second-order valence-electron chi connectivity index (χ2n) is 5.06. The lowest BCUT2D eigenvalue weighted by molar-refractivity contribution is -0.116. The Bertz CT molecular complexity index is 748. The lowest BCUT2D eigenvalue weighted by Crippen LogP contribution is -2.37. The molecule has 0 aliphatic rings. The van der Waals surface area contributed by atoms with Gasteiger partial charge in [-0.05, 0) is 36.4 Å². The molecule has 0 aliphatic heterocycles. The Kier molecular flexibility index (Phi) is 6.17. The van der Waals surface area contributed by atoms with Gasteiger partial charge in [0.1, 0.15) is 5.82 Å². The van der Waals surface area contributed by atoms with Gasteiger partial charge in [-0.25, -0.2) is 4.39 Å². The topological polar surface area (TPSA) is 49.4 Å². The molecule has 2 amide bonds. The Hall–Kier alpha value is -2.11. The van der Waals surface area contributed by atoms with E-state index in [2.05, 4.69) is 5.32 Å². The Labute approximate surface area is 149 Å². The van der Waals surface area contributed by atoms with Crippen molar-refractivity contribution in [1.82, 2.24) is 5.32 Å². The van der Waals surface area contributed by atoms with Crippen molar-refractivity contribution in [3.8, 4) is 0 Å². The third kappa shape index (κ3) is 4.94. The van der Waals surface area contributed by atoms with Crippen LogP contribution in [-0.4, -0.2) is 24.9 Å². The molecule has 0 saturated heterocycles. The van der Waals surface area contributed by atoms with Crippen LogP contribution < -0.4 is 10.2 Å². The van der Waals surface area contributed by atoms with Crippen LogP contribution in [0.5, 0.6) is 0 Å². The fraction of sp³-hybridized carbons (Fsp3) is 0.176. The molecule has 0 fully saturated rings. The van der Waals surface area contributed by atoms with Crippen LogP contribution in [0.15, 0.2) is 42.5 Å². The molecule has 4 nitrogen and oxygen atoms in total. The highest BCUT2D eigenvalue weighted by atomic mass is 35.5. The van der Waals surface area contributed by atoms with Gasteiger partial charge in [0, 0.05) is 41.3 Å². The fourth-order valence-electron chi connectivity index (χ4n) is 2.18. The first-order chi connectivity index (χ1) is 11.4. The molecule has 0 aliphatic carbocycles. The zero-order chi connectivity index (χ0) is 17.7. The van der Waals surface area contributed by atoms with E-state index in [1.807, 2.05) is 0 Å². The van der Waals surface area contributed by atoms with E-state index in [4.69, 9.17) is 23.2 Å². The third-order valence-electron chi connectivity index (χ3n) is 3.25. The van der Waals surface area contributed by atoms with Crippen LogP contribution >= 0.6 is 23.2 Å². The molecule has 0 bridgehead atoms. The average molecular weight is 369 g/mol. The molecule has 0 atom stereocenters. The molecular formula is C17H15Cl2FN2O2. The molecule has 2 rings (SSSR count). The van der Waals surface area contributed by atoms with E-state index in [1.54, 1.807) is 18.2 Å². The molecule has 0 spiro atoms. The van der Waals surface area contributed by atoms with Gasteiger partial charge in [-0.2, -0.15) is 0 Å². The monoisotopic (exact) mass is 368 g/mol. The minimum absolute atomic E-state index is 0.194. The Morgan fingerprint density at radius 2 is 1.79 bits per heavy atom. The van der Waals surface area contributed by atoms with E-state index >= 15 is 0 Å². The Balaban J connectivity index is 2.02. The van der Waals surface area contributed by atoms with Crippen LogP contribution in [0.2, 0.25) is 10.0 Å². The van der Waals surface area contributed by atoms with E-state index in [0.29, 0.717) is 15.7 Å². The minimum atomic E-state index is -0.485. The largest absolute Gasteiger partial charge is 0.350 e. The second kappa shape index (κ2) is 8.13. The zero-order valence-electron chi connectivity index (χ0n) is 12.9. The van der Waals surface area contributed by atoms with E-state index in [0.717, 1.165) is 6.07 Å². The zero-order valence-corrected chi connectivity index (χ0v) is 14.4. The fourth-order valence-corrected chi connectivity index (χ4v) is 2.69. The number of hydrogen-bond acceptors (Lipinski definition) is 2. The van der Waals surface area contributed by atoms with Gasteiger partial charge in [0.15, 0.2) is 0 Å². The Morgan fingerprint density at radius 3 is 2.38 bits per heavy atom. The van der Waals surface area contributed by atoms with Crippen LogP contribution in [0, 0.1) is 5.82 Å². The summed E-state index contributed by atoms with van der Waals surface area (Å²) in [5, 5.41) is 3.46. The number of nitrogens with zero attached hydrogens (tertiary/aromatic N) is 1. The van der Waals surface area contributed by atoms with E-state index in [9.17, 15) is 14.0 Å². The predicted molar refractivity (Wildman–Crippen MR) is 93.2 cm³/mol. The van der Waals surface area contributed by atoms with Gasteiger partial charge in [-0.15, -0.1) is 0 Å². The van der Waals surface area contributed by atoms with Crippen molar-refractivity contribution in [2.24, 2.45) is 0 Å². The molecule has 126 valence electrons.